The maximum atomic E-state index is 12.1. The SMILES string of the molecule is CCSc1nnc(NC(=O)[C@@H](C)Sc2ccc(Cl)cc2)s1. The lowest BCUT2D eigenvalue weighted by molar-refractivity contribution is -0.115. The van der Waals surface area contributed by atoms with Gasteiger partial charge in [-0.25, -0.2) is 0 Å². The topological polar surface area (TPSA) is 54.9 Å². The fourth-order valence-electron chi connectivity index (χ4n) is 1.42. The molecule has 1 heterocycles. The monoisotopic (exact) mass is 359 g/mol. The van der Waals surface area contributed by atoms with Crippen LogP contribution in [0.1, 0.15) is 13.8 Å². The molecule has 0 fully saturated rings. The maximum Gasteiger partial charge on any atom is 0.239 e. The fraction of sp³-hybridized carbons (Fsp3) is 0.308. The number of benzene rings is 1. The minimum absolute atomic E-state index is 0.0841. The number of nitrogens with one attached hydrogen (secondary N) is 1. The van der Waals surface area contributed by atoms with E-state index in [4.69, 9.17) is 11.6 Å². The highest BCUT2D eigenvalue weighted by atomic mass is 35.5. The second-order valence-electron chi connectivity index (χ2n) is 4.01. The molecule has 1 aromatic heterocycles. The molecule has 0 saturated carbocycles. The van der Waals surface area contributed by atoms with Gasteiger partial charge in [0.2, 0.25) is 11.0 Å². The highest BCUT2D eigenvalue weighted by molar-refractivity contribution is 8.01. The Morgan fingerprint density at radius 2 is 2.10 bits per heavy atom. The first kappa shape index (κ1) is 16.6. The number of anilines is 1. The van der Waals surface area contributed by atoms with E-state index in [-0.39, 0.29) is 11.2 Å². The summed E-state index contributed by atoms with van der Waals surface area (Å²) in [5, 5.41) is 11.8. The normalized spacial score (nSPS) is 12.1. The van der Waals surface area contributed by atoms with Crippen LogP contribution in [0.4, 0.5) is 5.13 Å². The molecule has 21 heavy (non-hydrogen) atoms. The van der Waals surface area contributed by atoms with Gasteiger partial charge >= 0.3 is 0 Å². The summed E-state index contributed by atoms with van der Waals surface area (Å²) in [7, 11) is 0. The van der Waals surface area contributed by atoms with Gasteiger partial charge in [0.1, 0.15) is 0 Å². The zero-order valence-corrected chi connectivity index (χ0v) is 14.7. The van der Waals surface area contributed by atoms with Crippen molar-refractivity contribution in [2.45, 2.75) is 28.3 Å². The van der Waals surface area contributed by atoms with Crippen molar-refractivity contribution in [2.24, 2.45) is 0 Å². The van der Waals surface area contributed by atoms with E-state index in [1.807, 2.05) is 31.2 Å². The highest BCUT2D eigenvalue weighted by Gasteiger charge is 2.16. The summed E-state index contributed by atoms with van der Waals surface area (Å²) < 4.78 is 0.866. The molecule has 0 bridgehead atoms. The Bertz CT molecular complexity index is 603. The molecular weight excluding hydrogens is 346 g/mol. The summed E-state index contributed by atoms with van der Waals surface area (Å²) in [5.41, 5.74) is 0. The Hall–Kier alpha value is -0.760. The van der Waals surface area contributed by atoms with Gasteiger partial charge in [-0.05, 0) is 36.9 Å². The predicted molar refractivity (Wildman–Crippen MR) is 91.7 cm³/mol. The molecule has 0 aliphatic carbocycles. The quantitative estimate of drug-likeness (QED) is 0.611. The molecule has 112 valence electrons. The van der Waals surface area contributed by atoms with E-state index in [9.17, 15) is 4.79 Å². The van der Waals surface area contributed by atoms with E-state index in [2.05, 4.69) is 22.4 Å². The molecule has 2 aromatic rings. The van der Waals surface area contributed by atoms with Gasteiger partial charge in [0.05, 0.1) is 5.25 Å². The van der Waals surface area contributed by atoms with Crippen molar-refractivity contribution in [1.29, 1.82) is 0 Å². The number of nitrogens with zero attached hydrogens (tertiary/aromatic N) is 2. The minimum Gasteiger partial charge on any atom is -0.300 e. The molecule has 0 unspecified atom stereocenters. The summed E-state index contributed by atoms with van der Waals surface area (Å²) in [6.45, 7) is 3.91. The number of hydrogen-bond donors (Lipinski definition) is 1. The van der Waals surface area contributed by atoms with Gasteiger partial charge in [-0.1, -0.05) is 41.6 Å². The first-order valence-corrected chi connectivity index (χ1v) is 9.34. The van der Waals surface area contributed by atoms with Crippen molar-refractivity contribution in [3.63, 3.8) is 0 Å². The van der Waals surface area contributed by atoms with Crippen LogP contribution in [-0.2, 0) is 4.79 Å². The van der Waals surface area contributed by atoms with E-state index >= 15 is 0 Å². The Kier molecular flexibility index (Phi) is 6.35. The van der Waals surface area contributed by atoms with Crippen LogP contribution in [-0.4, -0.2) is 27.1 Å². The third-order valence-corrected chi connectivity index (χ3v) is 5.62. The number of amides is 1. The molecule has 2 rings (SSSR count). The molecule has 1 aromatic carbocycles. The largest absolute Gasteiger partial charge is 0.300 e. The van der Waals surface area contributed by atoms with E-state index in [1.54, 1.807) is 11.8 Å². The van der Waals surface area contributed by atoms with Crippen LogP contribution in [0.2, 0.25) is 5.02 Å². The number of carbonyl (C=O) groups is 1. The van der Waals surface area contributed by atoms with E-state index in [1.165, 1.54) is 23.1 Å². The molecule has 1 amide bonds. The second-order valence-corrected chi connectivity index (χ2v) is 8.35. The smallest absolute Gasteiger partial charge is 0.239 e. The van der Waals surface area contributed by atoms with E-state index < -0.39 is 0 Å². The predicted octanol–water partition coefficient (Wildman–Crippen LogP) is 4.42. The number of rotatable bonds is 6. The molecule has 0 saturated heterocycles. The van der Waals surface area contributed by atoms with Gasteiger partial charge in [-0.2, -0.15) is 0 Å². The molecule has 0 aliphatic heterocycles. The van der Waals surface area contributed by atoms with Gasteiger partial charge in [-0.3, -0.25) is 10.1 Å². The molecule has 8 heteroatoms. The van der Waals surface area contributed by atoms with E-state index in [0.717, 1.165) is 15.0 Å². The lowest BCUT2D eigenvalue weighted by Gasteiger charge is -2.10. The Labute approximate surface area is 141 Å². The van der Waals surface area contributed by atoms with Crippen molar-refractivity contribution < 1.29 is 4.79 Å². The first-order valence-electron chi connectivity index (χ1n) is 6.28. The van der Waals surface area contributed by atoms with Crippen LogP contribution in [0.3, 0.4) is 0 Å². The summed E-state index contributed by atoms with van der Waals surface area (Å²) in [6.07, 6.45) is 0. The summed E-state index contributed by atoms with van der Waals surface area (Å²) in [5.74, 6) is 0.852. The van der Waals surface area contributed by atoms with Crippen LogP contribution in [0, 0.1) is 0 Å². The molecular formula is C13H14ClN3OS3. The molecule has 0 spiro atoms. The number of carbonyl (C=O) groups excluding carboxylic acids is 1. The van der Waals surface area contributed by atoms with Crippen molar-refractivity contribution in [1.82, 2.24) is 10.2 Å². The number of hydrogen-bond acceptors (Lipinski definition) is 6. The van der Waals surface area contributed by atoms with Crippen molar-refractivity contribution in [2.75, 3.05) is 11.1 Å². The van der Waals surface area contributed by atoms with Crippen LogP contribution >= 0.6 is 46.5 Å². The third kappa shape index (κ3) is 5.18. The lowest BCUT2D eigenvalue weighted by Crippen LogP contribution is -2.22. The Balaban J connectivity index is 1.90. The Morgan fingerprint density at radius 1 is 1.38 bits per heavy atom. The van der Waals surface area contributed by atoms with Crippen LogP contribution < -0.4 is 5.32 Å². The summed E-state index contributed by atoms with van der Waals surface area (Å²) >= 11 is 10.3. The molecule has 1 atom stereocenters. The average Bonchev–Trinajstić information content (AvgIpc) is 2.89. The highest BCUT2D eigenvalue weighted by Crippen LogP contribution is 2.28. The van der Waals surface area contributed by atoms with Crippen molar-refractivity contribution in [3.8, 4) is 0 Å². The first-order chi connectivity index (χ1) is 10.1. The molecule has 4 nitrogen and oxygen atoms in total. The minimum atomic E-state index is -0.225. The van der Waals surface area contributed by atoms with Crippen LogP contribution in [0.5, 0.6) is 0 Å². The fourth-order valence-corrected chi connectivity index (χ4v) is 4.07. The van der Waals surface area contributed by atoms with E-state index in [0.29, 0.717) is 10.2 Å². The van der Waals surface area contributed by atoms with Gasteiger partial charge in [-0.15, -0.1) is 22.0 Å². The Morgan fingerprint density at radius 3 is 2.76 bits per heavy atom. The zero-order chi connectivity index (χ0) is 15.2. The van der Waals surface area contributed by atoms with Gasteiger partial charge in [0, 0.05) is 9.92 Å². The third-order valence-electron chi connectivity index (χ3n) is 2.40. The summed E-state index contributed by atoms with van der Waals surface area (Å²) in [4.78, 5) is 13.1. The number of halogens is 1. The molecule has 0 aliphatic rings. The van der Waals surface area contributed by atoms with Gasteiger partial charge in [0.15, 0.2) is 4.34 Å². The number of aromatic nitrogens is 2. The van der Waals surface area contributed by atoms with Crippen molar-refractivity contribution >= 4 is 57.5 Å². The standard InChI is InChI=1S/C13H14ClN3OS3/c1-3-19-13-17-16-12(21-13)15-11(18)8(2)20-10-6-4-9(14)5-7-10/h4-8H,3H2,1-2H3,(H,15,16,18)/t8-/m1/s1. The summed E-state index contributed by atoms with van der Waals surface area (Å²) in [6, 6.07) is 7.43. The average molecular weight is 360 g/mol. The number of thioether (sulfide) groups is 2. The van der Waals surface area contributed by atoms with Gasteiger partial charge in [0.25, 0.3) is 0 Å². The maximum absolute atomic E-state index is 12.1. The van der Waals surface area contributed by atoms with Crippen molar-refractivity contribution in [3.05, 3.63) is 29.3 Å². The van der Waals surface area contributed by atoms with Gasteiger partial charge < -0.3 is 0 Å². The zero-order valence-electron chi connectivity index (χ0n) is 11.5. The molecule has 1 N–H and O–H groups in total. The van der Waals surface area contributed by atoms with Crippen LogP contribution in [0.15, 0.2) is 33.5 Å². The molecule has 0 radical (unpaired) electrons. The van der Waals surface area contributed by atoms with Crippen LogP contribution in [0.25, 0.3) is 0 Å². The second kappa shape index (κ2) is 8.03. The lowest BCUT2D eigenvalue weighted by atomic mass is 10.4.